The monoisotopic (exact) mass is 307 g/mol. The molecular weight excluding hydrogens is 294 g/mol. The second-order valence-corrected chi connectivity index (χ2v) is 6.01. The van der Waals surface area contributed by atoms with Gasteiger partial charge in [-0.1, -0.05) is 35.9 Å². The average Bonchev–Trinajstić information content (AvgIpc) is 2.95. The minimum Gasteiger partial charge on any atom is -0.322 e. The highest BCUT2D eigenvalue weighted by Gasteiger charge is 2.18. The van der Waals surface area contributed by atoms with E-state index in [4.69, 9.17) is 11.6 Å². The Hall–Kier alpha value is -2.32. The van der Waals surface area contributed by atoms with Gasteiger partial charge in [-0.15, -0.1) is 0 Å². The van der Waals surface area contributed by atoms with Gasteiger partial charge in [0.2, 0.25) is 0 Å². The van der Waals surface area contributed by atoms with Gasteiger partial charge in [-0.2, -0.15) is 0 Å². The largest absolute Gasteiger partial charge is 0.322 e. The molecule has 0 atom stereocenters. The molecular formula is C19H14ClNO. The fraction of sp³-hybridized carbons (Fsp3) is 0.105. The average molecular weight is 308 g/mol. The van der Waals surface area contributed by atoms with E-state index in [-0.39, 0.29) is 5.91 Å². The Bertz CT molecular complexity index is 874. The topological polar surface area (TPSA) is 29.1 Å². The maximum Gasteiger partial charge on any atom is 0.256 e. The maximum absolute atomic E-state index is 12.6. The maximum atomic E-state index is 12.6. The van der Waals surface area contributed by atoms with Gasteiger partial charge in [0.1, 0.15) is 0 Å². The summed E-state index contributed by atoms with van der Waals surface area (Å²) >= 11 is 5.87. The molecule has 2 nitrogen and oxygen atoms in total. The number of benzene rings is 3. The van der Waals surface area contributed by atoms with Gasteiger partial charge in [-0.25, -0.2) is 0 Å². The molecule has 0 heterocycles. The molecule has 0 saturated heterocycles. The molecule has 0 spiro atoms. The zero-order valence-electron chi connectivity index (χ0n) is 11.9. The van der Waals surface area contributed by atoms with Crippen LogP contribution in [0.2, 0.25) is 5.02 Å². The first-order chi connectivity index (χ1) is 10.7. The first kappa shape index (κ1) is 13.4. The molecule has 1 amide bonds. The van der Waals surface area contributed by atoms with E-state index in [1.54, 1.807) is 24.3 Å². The van der Waals surface area contributed by atoms with Crippen molar-refractivity contribution in [3.63, 3.8) is 0 Å². The third-order valence-corrected chi connectivity index (χ3v) is 4.48. The summed E-state index contributed by atoms with van der Waals surface area (Å²) in [5, 5.41) is 5.89. The molecule has 0 bridgehead atoms. The summed E-state index contributed by atoms with van der Waals surface area (Å²) in [6.07, 6.45) is 2.13. The highest BCUT2D eigenvalue weighted by molar-refractivity contribution is 6.30. The van der Waals surface area contributed by atoms with Crippen molar-refractivity contribution in [2.24, 2.45) is 0 Å². The number of hydrogen-bond donors (Lipinski definition) is 1. The quantitative estimate of drug-likeness (QED) is 0.721. The van der Waals surface area contributed by atoms with Crippen molar-refractivity contribution in [3.05, 3.63) is 76.3 Å². The molecule has 3 heteroatoms. The number of carbonyl (C=O) groups excluding carboxylic acids is 1. The number of rotatable bonds is 2. The lowest BCUT2D eigenvalue weighted by Gasteiger charge is -2.10. The van der Waals surface area contributed by atoms with Crippen molar-refractivity contribution in [2.45, 2.75) is 12.8 Å². The molecule has 108 valence electrons. The van der Waals surface area contributed by atoms with Gasteiger partial charge >= 0.3 is 0 Å². The highest BCUT2D eigenvalue weighted by atomic mass is 35.5. The third-order valence-electron chi connectivity index (χ3n) is 4.22. The molecule has 1 N–H and O–H groups in total. The van der Waals surface area contributed by atoms with Crippen LogP contribution in [-0.4, -0.2) is 5.91 Å². The SMILES string of the molecule is O=C(Nc1ccc(Cl)cc1)c1ccc2c3c(cccc13)CC2. The molecule has 3 aromatic rings. The van der Waals surface area contributed by atoms with Gasteiger partial charge in [0.25, 0.3) is 5.91 Å². The smallest absolute Gasteiger partial charge is 0.256 e. The molecule has 3 aromatic carbocycles. The van der Waals surface area contributed by atoms with Gasteiger partial charge in [-0.3, -0.25) is 4.79 Å². The van der Waals surface area contributed by atoms with Gasteiger partial charge in [0.05, 0.1) is 0 Å². The van der Waals surface area contributed by atoms with E-state index in [1.807, 2.05) is 18.2 Å². The molecule has 0 unspecified atom stereocenters. The second kappa shape index (κ2) is 5.15. The minimum absolute atomic E-state index is 0.0853. The third kappa shape index (κ3) is 2.16. The Morgan fingerprint density at radius 3 is 2.41 bits per heavy atom. The fourth-order valence-electron chi connectivity index (χ4n) is 3.18. The van der Waals surface area contributed by atoms with Crippen molar-refractivity contribution < 1.29 is 4.79 Å². The van der Waals surface area contributed by atoms with Crippen molar-refractivity contribution in [1.82, 2.24) is 0 Å². The first-order valence-electron chi connectivity index (χ1n) is 7.33. The summed E-state index contributed by atoms with van der Waals surface area (Å²) in [7, 11) is 0. The molecule has 0 radical (unpaired) electrons. The van der Waals surface area contributed by atoms with Crippen LogP contribution in [0.5, 0.6) is 0 Å². The van der Waals surface area contributed by atoms with Crippen LogP contribution in [0.4, 0.5) is 5.69 Å². The van der Waals surface area contributed by atoms with Crippen LogP contribution in [0.15, 0.2) is 54.6 Å². The van der Waals surface area contributed by atoms with E-state index in [1.165, 1.54) is 16.5 Å². The van der Waals surface area contributed by atoms with E-state index in [9.17, 15) is 4.79 Å². The molecule has 0 aromatic heterocycles. The molecule has 1 aliphatic rings. The molecule has 22 heavy (non-hydrogen) atoms. The molecule has 1 aliphatic carbocycles. The van der Waals surface area contributed by atoms with E-state index in [2.05, 4.69) is 17.4 Å². The Labute approximate surface area is 133 Å². The van der Waals surface area contributed by atoms with Gasteiger partial charge in [0.15, 0.2) is 0 Å². The van der Waals surface area contributed by atoms with Crippen LogP contribution in [-0.2, 0) is 12.8 Å². The number of halogens is 1. The molecule has 0 fully saturated rings. The summed E-state index contributed by atoms with van der Waals surface area (Å²) in [5.74, 6) is -0.0853. The first-order valence-corrected chi connectivity index (χ1v) is 7.70. The Kier molecular flexibility index (Phi) is 3.12. The van der Waals surface area contributed by atoms with Gasteiger partial charge in [-0.05, 0) is 65.1 Å². The molecule has 0 aliphatic heterocycles. The summed E-state index contributed by atoms with van der Waals surface area (Å²) in [6, 6.07) is 17.4. The van der Waals surface area contributed by atoms with Crippen molar-refractivity contribution in [2.75, 3.05) is 5.32 Å². The summed E-state index contributed by atoms with van der Waals surface area (Å²) < 4.78 is 0. The van der Waals surface area contributed by atoms with Gasteiger partial charge < -0.3 is 5.32 Å². The Balaban J connectivity index is 1.75. The molecule has 0 saturated carbocycles. The summed E-state index contributed by atoms with van der Waals surface area (Å²) in [6.45, 7) is 0. The Morgan fingerprint density at radius 1 is 0.909 bits per heavy atom. The van der Waals surface area contributed by atoms with Crippen LogP contribution in [0.3, 0.4) is 0 Å². The minimum atomic E-state index is -0.0853. The molecule has 4 rings (SSSR count). The lowest BCUT2D eigenvalue weighted by atomic mass is 9.99. The predicted molar refractivity (Wildman–Crippen MR) is 90.8 cm³/mol. The zero-order chi connectivity index (χ0) is 15.1. The fourth-order valence-corrected chi connectivity index (χ4v) is 3.30. The standard InChI is InChI=1S/C19H14ClNO/c20-14-7-9-15(10-8-14)21-19(22)17-11-6-13-5-4-12-2-1-3-16(17)18(12)13/h1-3,6-11H,4-5H2,(H,21,22). The van der Waals surface area contributed by atoms with Crippen molar-refractivity contribution in [3.8, 4) is 0 Å². The zero-order valence-corrected chi connectivity index (χ0v) is 12.7. The number of nitrogens with one attached hydrogen (secondary N) is 1. The van der Waals surface area contributed by atoms with Crippen LogP contribution in [0.25, 0.3) is 10.8 Å². The number of aryl methyl sites for hydroxylation is 2. The van der Waals surface area contributed by atoms with E-state index >= 15 is 0 Å². The van der Waals surface area contributed by atoms with Gasteiger partial charge in [0, 0.05) is 16.3 Å². The van der Waals surface area contributed by atoms with Crippen molar-refractivity contribution in [1.29, 1.82) is 0 Å². The second-order valence-electron chi connectivity index (χ2n) is 5.57. The van der Waals surface area contributed by atoms with Crippen LogP contribution < -0.4 is 5.32 Å². The lowest BCUT2D eigenvalue weighted by molar-refractivity contribution is 0.102. The van der Waals surface area contributed by atoms with Crippen LogP contribution in [0, 0.1) is 0 Å². The Morgan fingerprint density at radius 2 is 1.64 bits per heavy atom. The van der Waals surface area contributed by atoms with Crippen molar-refractivity contribution >= 4 is 34.0 Å². The lowest BCUT2D eigenvalue weighted by Crippen LogP contribution is -2.12. The normalized spacial score (nSPS) is 12.6. The summed E-state index contributed by atoms with van der Waals surface area (Å²) in [5.41, 5.74) is 4.15. The summed E-state index contributed by atoms with van der Waals surface area (Å²) in [4.78, 5) is 12.6. The predicted octanol–water partition coefficient (Wildman–Crippen LogP) is 4.84. The number of carbonyl (C=O) groups is 1. The number of amides is 1. The van der Waals surface area contributed by atoms with E-state index in [0.717, 1.165) is 29.5 Å². The van der Waals surface area contributed by atoms with E-state index < -0.39 is 0 Å². The van der Waals surface area contributed by atoms with Crippen LogP contribution >= 0.6 is 11.6 Å². The number of hydrogen-bond acceptors (Lipinski definition) is 1. The number of anilines is 1. The van der Waals surface area contributed by atoms with E-state index in [0.29, 0.717) is 5.02 Å². The van der Waals surface area contributed by atoms with Crippen LogP contribution in [0.1, 0.15) is 21.5 Å². The highest BCUT2D eigenvalue weighted by Crippen LogP contribution is 2.33.